The molecule has 2 atom stereocenters. The molecule has 0 spiro atoms. The second-order valence-corrected chi connectivity index (χ2v) is 7.49. The van der Waals surface area contributed by atoms with Crippen molar-refractivity contribution in [1.29, 1.82) is 0 Å². The highest BCUT2D eigenvalue weighted by Crippen LogP contribution is 2.25. The predicted octanol–water partition coefficient (Wildman–Crippen LogP) is 3.48. The molecule has 5 nitrogen and oxygen atoms in total. The predicted molar refractivity (Wildman–Crippen MR) is 106 cm³/mol. The van der Waals surface area contributed by atoms with Gasteiger partial charge in [-0.2, -0.15) is 0 Å². The third-order valence-electron chi connectivity index (χ3n) is 4.26. The summed E-state index contributed by atoms with van der Waals surface area (Å²) in [6.45, 7) is 6.00. The van der Waals surface area contributed by atoms with Crippen molar-refractivity contribution in [3.8, 4) is 0 Å². The van der Waals surface area contributed by atoms with Crippen LogP contribution in [0.5, 0.6) is 0 Å². The lowest BCUT2D eigenvalue weighted by molar-refractivity contribution is -0.121. The molecule has 0 saturated carbocycles. The maximum Gasteiger partial charge on any atom is 0.254 e. The number of benzene rings is 1. The van der Waals surface area contributed by atoms with Gasteiger partial charge in [0.2, 0.25) is 5.91 Å². The van der Waals surface area contributed by atoms with Gasteiger partial charge in [0.05, 0.1) is 11.3 Å². The van der Waals surface area contributed by atoms with E-state index in [2.05, 4.69) is 17.2 Å². The number of hydrogen-bond donors (Lipinski definition) is 1. The molecule has 0 saturated heterocycles. The van der Waals surface area contributed by atoms with Crippen LogP contribution in [0.1, 0.15) is 50.9 Å². The van der Waals surface area contributed by atoms with Crippen molar-refractivity contribution in [3.05, 3.63) is 58.0 Å². The molecule has 0 aliphatic heterocycles. The van der Waals surface area contributed by atoms with Gasteiger partial charge < -0.3 is 5.32 Å². The van der Waals surface area contributed by atoms with Gasteiger partial charge in [-0.25, -0.2) is 4.98 Å². The standard InChI is InChI=1S/C20H27N3O2S/c1-5-10-17(19(25)21-14(3)15-11-8-7-9-12-15)26-20-22-16(6-2)13-18(24)23(20)4/h7-9,11-14,17H,5-6,10H2,1-4H3,(H,21,25). The molecule has 1 heterocycles. The van der Waals surface area contributed by atoms with E-state index in [9.17, 15) is 9.59 Å². The average Bonchev–Trinajstić information content (AvgIpc) is 2.65. The van der Waals surface area contributed by atoms with Gasteiger partial charge in [-0.3, -0.25) is 14.2 Å². The third-order valence-corrected chi connectivity index (χ3v) is 5.57. The Morgan fingerprint density at radius 3 is 2.58 bits per heavy atom. The highest BCUT2D eigenvalue weighted by Gasteiger charge is 2.23. The highest BCUT2D eigenvalue weighted by molar-refractivity contribution is 8.00. The zero-order valence-corrected chi connectivity index (χ0v) is 16.7. The highest BCUT2D eigenvalue weighted by atomic mass is 32.2. The average molecular weight is 374 g/mol. The summed E-state index contributed by atoms with van der Waals surface area (Å²) in [6, 6.07) is 11.4. The van der Waals surface area contributed by atoms with Gasteiger partial charge in [-0.15, -0.1) is 0 Å². The molecule has 0 aliphatic rings. The van der Waals surface area contributed by atoms with Gasteiger partial charge >= 0.3 is 0 Å². The normalized spacial score (nSPS) is 13.2. The molecule has 1 amide bonds. The van der Waals surface area contributed by atoms with Crippen LogP contribution in [0.3, 0.4) is 0 Å². The van der Waals surface area contributed by atoms with E-state index in [0.717, 1.165) is 24.1 Å². The number of hydrogen-bond acceptors (Lipinski definition) is 4. The van der Waals surface area contributed by atoms with E-state index < -0.39 is 0 Å². The summed E-state index contributed by atoms with van der Waals surface area (Å²) in [5.74, 6) is -0.0237. The number of thioether (sulfide) groups is 1. The molecule has 0 radical (unpaired) electrons. The van der Waals surface area contributed by atoms with Crippen molar-refractivity contribution in [2.45, 2.75) is 56.5 Å². The second-order valence-electron chi connectivity index (χ2n) is 6.32. The summed E-state index contributed by atoms with van der Waals surface area (Å²) in [5.41, 5.74) is 1.73. The molecule has 0 bridgehead atoms. The topological polar surface area (TPSA) is 64.0 Å². The van der Waals surface area contributed by atoms with E-state index in [0.29, 0.717) is 11.6 Å². The van der Waals surface area contributed by atoms with Crippen molar-refractivity contribution in [3.63, 3.8) is 0 Å². The summed E-state index contributed by atoms with van der Waals surface area (Å²) < 4.78 is 1.51. The van der Waals surface area contributed by atoms with E-state index in [1.54, 1.807) is 13.1 Å². The van der Waals surface area contributed by atoms with Gasteiger partial charge in [-0.1, -0.05) is 62.4 Å². The van der Waals surface area contributed by atoms with Gasteiger partial charge in [0.15, 0.2) is 5.16 Å². The number of nitrogens with zero attached hydrogens (tertiary/aromatic N) is 2. The van der Waals surface area contributed by atoms with E-state index in [-0.39, 0.29) is 22.8 Å². The first-order valence-corrected chi connectivity index (χ1v) is 9.93. The van der Waals surface area contributed by atoms with Gasteiger partial charge in [0.25, 0.3) is 5.56 Å². The summed E-state index contributed by atoms with van der Waals surface area (Å²) in [7, 11) is 1.70. The van der Waals surface area contributed by atoms with Crippen LogP contribution < -0.4 is 10.9 Å². The summed E-state index contributed by atoms with van der Waals surface area (Å²) in [5, 5.41) is 3.40. The van der Waals surface area contributed by atoms with Crippen LogP contribution in [0.25, 0.3) is 0 Å². The van der Waals surface area contributed by atoms with Crippen molar-refractivity contribution >= 4 is 17.7 Å². The minimum Gasteiger partial charge on any atom is -0.349 e. The summed E-state index contributed by atoms with van der Waals surface area (Å²) in [4.78, 5) is 29.5. The van der Waals surface area contributed by atoms with E-state index >= 15 is 0 Å². The molecule has 140 valence electrons. The van der Waals surface area contributed by atoms with Gasteiger partial charge in [0, 0.05) is 18.8 Å². The lowest BCUT2D eigenvalue weighted by Gasteiger charge is -2.20. The molecule has 2 aromatic rings. The van der Waals surface area contributed by atoms with Crippen LogP contribution in [0.4, 0.5) is 0 Å². The molecule has 1 aromatic heterocycles. The number of nitrogens with one attached hydrogen (secondary N) is 1. The fraction of sp³-hybridized carbons (Fsp3) is 0.450. The maximum absolute atomic E-state index is 12.8. The maximum atomic E-state index is 12.8. The number of rotatable bonds is 8. The Hall–Kier alpha value is -2.08. The van der Waals surface area contributed by atoms with E-state index in [1.165, 1.54) is 16.3 Å². The van der Waals surface area contributed by atoms with Crippen LogP contribution in [-0.2, 0) is 18.3 Å². The van der Waals surface area contributed by atoms with Crippen LogP contribution in [0, 0.1) is 0 Å². The molecule has 2 unspecified atom stereocenters. The molecular formula is C20H27N3O2S. The first-order valence-electron chi connectivity index (χ1n) is 9.05. The molecule has 2 rings (SSSR count). The Morgan fingerprint density at radius 2 is 1.96 bits per heavy atom. The van der Waals surface area contributed by atoms with Crippen LogP contribution >= 0.6 is 11.8 Å². The molecule has 26 heavy (non-hydrogen) atoms. The van der Waals surface area contributed by atoms with E-state index in [1.807, 2.05) is 44.2 Å². The molecule has 1 N–H and O–H groups in total. The zero-order chi connectivity index (χ0) is 19.1. The number of aromatic nitrogens is 2. The van der Waals surface area contributed by atoms with Gasteiger partial charge in [0.1, 0.15) is 0 Å². The molecule has 0 fully saturated rings. The Kier molecular flexibility index (Phi) is 7.45. The quantitative estimate of drug-likeness (QED) is 0.568. The fourth-order valence-corrected chi connectivity index (χ4v) is 3.82. The molecule has 0 aliphatic carbocycles. The minimum absolute atomic E-state index is 0.0237. The van der Waals surface area contributed by atoms with Crippen LogP contribution in [0.2, 0.25) is 0 Å². The summed E-state index contributed by atoms with van der Waals surface area (Å²) in [6.07, 6.45) is 2.30. The number of carbonyl (C=O) groups excluding carboxylic acids is 1. The lowest BCUT2D eigenvalue weighted by atomic mass is 10.1. The molecule has 6 heteroatoms. The van der Waals surface area contributed by atoms with E-state index in [4.69, 9.17) is 0 Å². The number of amides is 1. The Balaban J connectivity index is 2.17. The number of carbonyl (C=O) groups is 1. The first kappa shape index (κ1) is 20.2. The zero-order valence-electron chi connectivity index (χ0n) is 15.9. The molecular weight excluding hydrogens is 346 g/mol. The molecule has 1 aromatic carbocycles. The fourth-order valence-electron chi connectivity index (χ4n) is 2.61. The van der Waals surface area contributed by atoms with Gasteiger partial charge in [-0.05, 0) is 25.3 Å². The van der Waals surface area contributed by atoms with Crippen molar-refractivity contribution in [2.24, 2.45) is 7.05 Å². The SMILES string of the molecule is CCCC(Sc1nc(CC)cc(=O)n1C)C(=O)NC(C)c1ccccc1. The largest absolute Gasteiger partial charge is 0.349 e. The second kappa shape index (κ2) is 9.57. The Bertz CT molecular complexity index is 789. The van der Waals surface area contributed by atoms with Crippen molar-refractivity contribution in [1.82, 2.24) is 14.9 Å². The first-order chi connectivity index (χ1) is 12.5. The van der Waals surface area contributed by atoms with Crippen molar-refractivity contribution in [2.75, 3.05) is 0 Å². The summed E-state index contributed by atoms with van der Waals surface area (Å²) >= 11 is 1.37. The Labute approximate surface area is 159 Å². The van der Waals surface area contributed by atoms with Crippen molar-refractivity contribution < 1.29 is 4.79 Å². The minimum atomic E-state index is -0.281. The monoisotopic (exact) mass is 373 g/mol. The van der Waals surface area contributed by atoms with Crippen LogP contribution in [-0.4, -0.2) is 20.7 Å². The third kappa shape index (κ3) is 5.21. The lowest BCUT2D eigenvalue weighted by Crippen LogP contribution is -2.35. The Morgan fingerprint density at radius 1 is 1.27 bits per heavy atom. The smallest absolute Gasteiger partial charge is 0.254 e. The number of aryl methyl sites for hydroxylation is 1. The van der Waals surface area contributed by atoms with Crippen LogP contribution in [0.15, 0.2) is 46.3 Å².